The van der Waals surface area contributed by atoms with Crippen LogP contribution >= 0.6 is 0 Å². The highest BCUT2D eigenvalue weighted by molar-refractivity contribution is 5.95. The fourth-order valence-electron chi connectivity index (χ4n) is 1.29. The van der Waals surface area contributed by atoms with Crippen molar-refractivity contribution in [2.24, 2.45) is 0 Å². The number of carbonyl (C=O) groups excluding carboxylic acids is 2. The Kier molecular flexibility index (Phi) is 5.44. The third-order valence-electron chi connectivity index (χ3n) is 2.13. The van der Waals surface area contributed by atoms with Gasteiger partial charge in [0.2, 0.25) is 0 Å². The Bertz CT molecular complexity index is 440. The standard InChI is InChI=1S/C13H15NO4/c1-17-9-11(8-12(15)18-2)14-13(16)10-6-4-3-5-7-10/h3-7,9H,8H2,1-2H3,(H,14,16)/b11-9+. The van der Waals surface area contributed by atoms with Gasteiger partial charge in [0.05, 0.1) is 26.3 Å². The minimum absolute atomic E-state index is 0.0527. The van der Waals surface area contributed by atoms with E-state index in [2.05, 4.69) is 10.1 Å². The van der Waals surface area contributed by atoms with E-state index in [-0.39, 0.29) is 12.3 Å². The first-order valence-corrected chi connectivity index (χ1v) is 5.32. The van der Waals surface area contributed by atoms with Gasteiger partial charge >= 0.3 is 5.97 Å². The summed E-state index contributed by atoms with van der Waals surface area (Å²) in [4.78, 5) is 23.0. The highest BCUT2D eigenvalue weighted by Crippen LogP contribution is 2.03. The van der Waals surface area contributed by atoms with E-state index >= 15 is 0 Å². The summed E-state index contributed by atoms with van der Waals surface area (Å²) < 4.78 is 9.33. The van der Waals surface area contributed by atoms with Crippen LogP contribution in [0.4, 0.5) is 0 Å². The molecule has 0 saturated carbocycles. The fraction of sp³-hybridized carbons (Fsp3) is 0.231. The third-order valence-corrected chi connectivity index (χ3v) is 2.13. The largest absolute Gasteiger partial charge is 0.503 e. The van der Waals surface area contributed by atoms with E-state index in [1.54, 1.807) is 24.3 Å². The smallest absolute Gasteiger partial charge is 0.311 e. The molecule has 5 nitrogen and oxygen atoms in total. The molecule has 0 spiro atoms. The van der Waals surface area contributed by atoms with E-state index in [1.165, 1.54) is 20.5 Å². The van der Waals surface area contributed by atoms with E-state index in [1.807, 2.05) is 6.07 Å². The zero-order chi connectivity index (χ0) is 13.4. The molecule has 1 amide bonds. The number of hydrogen-bond acceptors (Lipinski definition) is 4. The number of esters is 1. The molecule has 0 aliphatic carbocycles. The summed E-state index contributed by atoms with van der Waals surface area (Å²) in [5.74, 6) is -0.755. The van der Waals surface area contributed by atoms with Crippen LogP contribution in [0.5, 0.6) is 0 Å². The van der Waals surface area contributed by atoms with Crippen molar-refractivity contribution in [3.8, 4) is 0 Å². The molecule has 0 aliphatic rings. The first-order chi connectivity index (χ1) is 8.67. The number of rotatable bonds is 5. The van der Waals surface area contributed by atoms with Gasteiger partial charge in [-0.2, -0.15) is 0 Å². The zero-order valence-corrected chi connectivity index (χ0v) is 10.3. The van der Waals surface area contributed by atoms with Gasteiger partial charge in [0.25, 0.3) is 5.91 Å². The molecule has 18 heavy (non-hydrogen) atoms. The number of nitrogens with one attached hydrogen (secondary N) is 1. The summed E-state index contributed by atoms with van der Waals surface area (Å²) in [6, 6.07) is 8.69. The van der Waals surface area contributed by atoms with Crippen molar-refractivity contribution in [2.75, 3.05) is 14.2 Å². The normalized spacial score (nSPS) is 10.7. The maximum atomic E-state index is 11.8. The number of hydrogen-bond donors (Lipinski definition) is 1. The summed E-state index contributed by atoms with van der Waals surface area (Å²) in [5, 5.41) is 2.60. The van der Waals surface area contributed by atoms with Crippen molar-refractivity contribution in [3.63, 3.8) is 0 Å². The van der Waals surface area contributed by atoms with Crippen LogP contribution in [0.15, 0.2) is 42.3 Å². The van der Waals surface area contributed by atoms with Crippen molar-refractivity contribution in [2.45, 2.75) is 6.42 Å². The van der Waals surface area contributed by atoms with Crippen LogP contribution in [0, 0.1) is 0 Å². The number of ether oxygens (including phenoxy) is 2. The molecule has 0 bridgehead atoms. The van der Waals surface area contributed by atoms with Gasteiger partial charge in [-0.25, -0.2) is 0 Å². The van der Waals surface area contributed by atoms with Gasteiger partial charge in [-0.3, -0.25) is 9.59 Å². The lowest BCUT2D eigenvalue weighted by molar-refractivity contribution is -0.139. The molecule has 0 atom stereocenters. The quantitative estimate of drug-likeness (QED) is 0.634. The minimum atomic E-state index is -0.452. The van der Waals surface area contributed by atoms with Crippen LogP contribution in [0.25, 0.3) is 0 Å². The maximum Gasteiger partial charge on any atom is 0.311 e. The summed E-state index contributed by atoms with van der Waals surface area (Å²) >= 11 is 0. The molecule has 0 aromatic heterocycles. The van der Waals surface area contributed by atoms with Gasteiger partial charge in [-0.15, -0.1) is 0 Å². The maximum absolute atomic E-state index is 11.8. The molecule has 0 aliphatic heterocycles. The molecule has 1 N–H and O–H groups in total. The summed E-state index contributed by atoms with van der Waals surface area (Å²) in [6.07, 6.45) is 1.25. The Morgan fingerprint density at radius 1 is 1.22 bits per heavy atom. The van der Waals surface area contributed by atoms with Crippen LogP contribution in [0.1, 0.15) is 16.8 Å². The topological polar surface area (TPSA) is 64.6 Å². The molecule has 5 heteroatoms. The van der Waals surface area contributed by atoms with Crippen LogP contribution in [0.2, 0.25) is 0 Å². The van der Waals surface area contributed by atoms with Crippen LogP contribution in [0.3, 0.4) is 0 Å². The molecule has 0 fully saturated rings. The summed E-state index contributed by atoms with van der Waals surface area (Å²) in [6.45, 7) is 0. The Hall–Kier alpha value is -2.30. The van der Waals surface area contributed by atoms with Crippen molar-refractivity contribution in [1.82, 2.24) is 5.32 Å². The first kappa shape index (κ1) is 13.8. The molecule has 1 rings (SSSR count). The first-order valence-electron chi connectivity index (χ1n) is 5.32. The average Bonchev–Trinajstić information content (AvgIpc) is 2.39. The molecule has 96 valence electrons. The molecule has 0 heterocycles. The third kappa shape index (κ3) is 4.29. The Morgan fingerprint density at radius 3 is 2.44 bits per heavy atom. The van der Waals surface area contributed by atoms with Gasteiger partial charge < -0.3 is 14.8 Å². The van der Waals surface area contributed by atoms with E-state index in [0.29, 0.717) is 11.3 Å². The molecular weight excluding hydrogens is 234 g/mol. The van der Waals surface area contributed by atoms with Gasteiger partial charge in [0.1, 0.15) is 6.26 Å². The van der Waals surface area contributed by atoms with Crippen molar-refractivity contribution < 1.29 is 19.1 Å². The van der Waals surface area contributed by atoms with Gasteiger partial charge in [0.15, 0.2) is 0 Å². The predicted octanol–water partition coefficient (Wildman–Crippen LogP) is 1.47. The second-order valence-electron chi connectivity index (χ2n) is 3.45. The van der Waals surface area contributed by atoms with Crippen molar-refractivity contribution in [3.05, 3.63) is 47.9 Å². The van der Waals surface area contributed by atoms with Gasteiger partial charge in [-0.05, 0) is 12.1 Å². The van der Waals surface area contributed by atoms with E-state index in [4.69, 9.17) is 4.74 Å². The summed E-state index contributed by atoms with van der Waals surface area (Å²) in [7, 11) is 2.72. The predicted molar refractivity (Wildman–Crippen MR) is 65.6 cm³/mol. The molecule has 0 radical (unpaired) electrons. The fourth-order valence-corrected chi connectivity index (χ4v) is 1.29. The Morgan fingerprint density at radius 2 is 1.89 bits per heavy atom. The van der Waals surface area contributed by atoms with Crippen LogP contribution in [-0.4, -0.2) is 26.1 Å². The SMILES string of the molecule is CO/C=C(\CC(=O)OC)NC(=O)c1ccccc1. The molecule has 1 aromatic carbocycles. The highest BCUT2D eigenvalue weighted by Gasteiger charge is 2.11. The van der Waals surface area contributed by atoms with E-state index in [9.17, 15) is 9.59 Å². The van der Waals surface area contributed by atoms with E-state index < -0.39 is 5.97 Å². The minimum Gasteiger partial charge on any atom is -0.503 e. The van der Waals surface area contributed by atoms with Crippen molar-refractivity contribution >= 4 is 11.9 Å². The van der Waals surface area contributed by atoms with Gasteiger partial charge in [0, 0.05) is 5.56 Å². The second-order valence-corrected chi connectivity index (χ2v) is 3.45. The number of carbonyl (C=O) groups is 2. The van der Waals surface area contributed by atoms with E-state index in [0.717, 1.165) is 0 Å². The van der Waals surface area contributed by atoms with Crippen molar-refractivity contribution in [1.29, 1.82) is 0 Å². The Balaban J connectivity index is 2.70. The Labute approximate surface area is 105 Å². The van der Waals surface area contributed by atoms with Gasteiger partial charge in [-0.1, -0.05) is 18.2 Å². The molecule has 0 unspecified atom stereocenters. The zero-order valence-electron chi connectivity index (χ0n) is 10.3. The second kappa shape index (κ2) is 7.11. The number of methoxy groups -OCH3 is 2. The van der Waals surface area contributed by atoms with Crippen LogP contribution < -0.4 is 5.32 Å². The lowest BCUT2D eigenvalue weighted by Crippen LogP contribution is -2.24. The lowest BCUT2D eigenvalue weighted by atomic mass is 10.2. The molecule has 0 saturated heterocycles. The summed E-state index contributed by atoms with van der Waals surface area (Å²) in [5.41, 5.74) is 0.850. The average molecular weight is 249 g/mol. The molecule has 1 aromatic rings. The molecular formula is C13H15NO4. The highest BCUT2D eigenvalue weighted by atomic mass is 16.5. The number of benzene rings is 1. The number of amides is 1. The monoisotopic (exact) mass is 249 g/mol. The lowest BCUT2D eigenvalue weighted by Gasteiger charge is -2.08. The van der Waals surface area contributed by atoms with Crippen LogP contribution in [-0.2, 0) is 14.3 Å².